The van der Waals surface area contributed by atoms with Gasteiger partial charge in [0.2, 0.25) is 5.91 Å². The molecule has 0 fully saturated rings. The van der Waals surface area contributed by atoms with E-state index < -0.39 is 0 Å². The summed E-state index contributed by atoms with van der Waals surface area (Å²) in [5.74, 6) is 0.661. The smallest absolute Gasteiger partial charge is 0.229 e. The predicted octanol–water partition coefficient (Wildman–Crippen LogP) is 4.47. The Labute approximate surface area is 140 Å². The summed E-state index contributed by atoms with van der Waals surface area (Å²) in [6, 6.07) is 15.3. The van der Waals surface area contributed by atoms with Gasteiger partial charge in [-0.2, -0.15) is 0 Å². The highest BCUT2D eigenvalue weighted by molar-refractivity contribution is 9.10. The molecule has 0 aliphatic heterocycles. The molecule has 0 radical (unpaired) electrons. The van der Waals surface area contributed by atoms with Gasteiger partial charge in [-0.05, 0) is 30.3 Å². The lowest BCUT2D eigenvalue weighted by molar-refractivity contribution is -0.116. The van der Waals surface area contributed by atoms with Gasteiger partial charge in [-0.25, -0.2) is 4.98 Å². The predicted molar refractivity (Wildman–Crippen MR) is 92.5 cm³/mol. The second kappa shape index (κ2) is 6.89. The van der Waals surface area contributed by atoms with Crippen molar-refractivity contribution < 1.29 is 9.53 Å². The largest absolute Gasteiger partial charge is 0.493 e. The fraction of sp³-hybridized carbons (Fsp3) is 0.125. The van der Waals surface area contributed by atoms with E-state index in [-0.39, 0.29) is 12.3 Å². The van der Waals surface area contributed by atoms with Crippen LogP contribution in [0.25, 0.3) is 10.2 Å². The third kappa shape index (κ3) is 3.84. The van der Waals surface area contributed by atoms with Gasteiger partial charge < -0.3 is 10.1 Å². The first-order valence-corrected chi connectivity index (χ1v) is 8.35. The molecule has 0 spiro atoms. The number of benzene rings is 2. The number of carbonyl (C=O) groups is 1. The van der Waals surface area contributed by atoms with E-state index in [4.69, 9.17) is 4.74 Å². The number of rotatable bonds is 5. The first-order valence-electron chi connectivity index (χ1n) is 6.74. The second-order valence-corrected chi connectivity index (χ2v) is 6.54. The summed E-state index contributed by atoms with van der Waals surface area (Å²) in [4.78, 5) is 16.3. The molecule has 3 rings (SSSR count). The minimum atomic E-state index is -0.103. The van der Waals surface area contributed by atoms with Gasteiger partial charge in [0.25, 0.3) is 0 Å². The number of hydrogen-bond acceptors (Lipinski definition) is 4. The number of halogens is 1. The molecule has 1 amide bonds. The van der Waals surface area contributed by atoms with E-state index in [1.165, 1.54) is 11.3 Å². The zero-order valence-electron chi connectivity index (χ0n) is 11.6. The van der Waals surface area contributed by atoms with E-state index in [0.29, 0.717) is 11.7 Å². The van der Waals surface area contributed by atoms with Gasteiger partial charge in [-0.15, -0.1) is 0 Å². The molecule has 1 N–H and O–H groups in total. The van der Waals surface area contributed by atoms with Crippen LogP contribution in [0.1, 0.15) is 6.42 Å². The summed E-state index contributed by atoms with van der Waals surface area (Å²) in [6.07, 6.45) is 0.286. The van der Waals surface area contributed by atoms with Crippen molar-refractivity contribution in [3.8, 4) is 5.75 Å². The normalized spacial score (nSPS) is 10.6. The quantitative estimate of drug-likeness (QED) is 0.714. The van der Waals surface area contributed by atoms with Crippen molar-refractivity contribution in [3.63, 3.8) is 0 Å². The zero-order valence-corrected chi connectivity index (χ0v) is 14.0. The number of amides is 1. The Hall–Kier alpha value is -1.92. The van der Waals surface area contributed by atoms with E-state index >= 15 is 0 Å². The van der Waals surface area contributed by atoms with Gasteiger partial charge in [0.15, 0.2) is 5.13 Å². The number of fused-ring (bicyclic) bond motifs is 1. The lowest BCUT2D eigenvalue weighted by Crippen LogP contribution is -2.14. The molecule has 1 aromatic heterocycles. The van der Waals surface area contributed by atoms with Gasteiger partial charge in [0.1, 0.15) is 5.75 Å². The summed E-state index contributed by atoms with van der Waals surface area (Å²) in [5, 5.41) is 3.42. The Morgan fingerprint density at radius 1 is 1.23 bits per heavy atom. The molecule has 0 saturated heterocycles. The van der Waals surface area contributed by atoms with E-state index in [1.54, 1.807) is 0 Å². The zero-order chi connectivity index (χ0) is 15.4. The average molecular weight is 377 g/mol. The van der Waals surface area contributed by atoms with E-state index in [1.807, 2.05) is 48.5 Å². The van der Waals surface area contributed by atoms with Crippen molar-refractivity contribution in [2.45, 2.75) is 6.42 Å². The Kier molecular flexibility index (Phi) is 4.70. The highest BCUT2D eigenvalue weighted by Crippen LogP contribution is 2.28. The minimum Gasteiger partial charge on any atom is -0.493 e. The number of carbonyl (C=O) groups excluding carboxylic acids is 1. The van der Waals surface area contributed by atoms with Crippen molar-refractivity contribution in [1.82, 2.24) is 4.98 Å². The third-order valence-electron chi connectivity index (χ3n) is 2.94. The van der Waals surface area contributed by atoms with Crippen molar-refractivity contribution in [1.29, 1.82) is 0 Å². The standard InChI is InChI=1S/C16H13BrN2O2S/c17-11-6-7-13-14(10-11)22-16(18-13)19-15(20)8-9-21-12-4-2-1-3-5-12/h1-7,10H,8-9H2,(H,18,19,20). The maximum absolute atomic E-state index is 11.9. The molecule has 1 heterocycles. The molecule has 0 aliphatic rings. The number of nitrogens with one attached hydrogen (secondary N) is 1. The van der Waals surface area contributed by atoms with Gasteiger partial charge >= 0.3 is 0 Å². The third-order valence-corrected chi connectivity index (χ3v) is 4.36. The molecule has 0 saturated carbocycles. The highest BCUT2D eigenvalue weighted by Gasteiger charge is 2.08. The Morgan fingerprint density at radius 2 is 2.05 bits per heavy atom. The molecule has 0 unspecified atom stereocenters. The topological polar surface area (TPSA) is 51.2 Å². The molecule has 0 aliphatic carbocycles. The van der Waals surface area contributed by atoms with Crippen LogP contribution in [-0.4, -0.2) is 17.5 Å². The fourth-order valence-electron chi connectivity index (χ4n) is 1.91. The SMILES string of the molecule is O=C(CCOc1ccccc1)Nc1nc2ccc(Br)cc2s1. The molecule has 0 bridgehead atoms. The molecule has 6 heteroatoms. The van der Waals surface area contributed by atoms with Crippen molar-refractivity contribution in [2.24, 2.45) is 0 Å². The number of para-hydroxylation sites is 1. The minimum absolute atomic E-state index is 0.103. The van der Waals surface area contributed by atoms with Crippen LogP contribution in [-0.2, 0) is 4.79 Å². The number of nitrogens with zero attached hydrogens (tertiary/aromatic N) is 1. The first kappa shape index (κ1) is 15.0. The number of anilines is 1. The number of ether oxygens (including phenoxy) is 1. The molecule has 0 atom stereocenters. The van der Waals surface area contributed by atoms with Gasteiger partial charge in [-0.3, -0.25) is 4.79 Å². The van der Waals surface area contributed by atoms with Crippen molar-refractivity contribution >= 4 is 48.5 Å². The summed E-state index contributed by atoms with van der Waals surface area (Å²) in [7, 11) is 0. The van der Waals surface area contributed by atoms with Crippen LogP contribution in [0.5, 0.6) is 5.75 Å². The summed E-state index contributed by atoms with van der Waals surface area (Å²) < 4.78 is 7.54. The Balaban J connectivity index is 1.54. The van der Waals surface area contributed by atoms with Crippen molar-refractivity contribution in [2.75, 3.05) is 11.9 Å². The lowest BCUT2D eigenvalue weighted by Gasteiger charge is -2.05. The summed E-state index contributed by atoms with van der Waals surface area (Å²) in [6.45, 7) is 0.340. The number of aromatic nitrogens is 1. The number of thiazole rings is 1. The monoisotopic (exact) mass is 376 g/mol. The van der Waals surface area contributed by atoms with Crippen LogP contribution in [0.2, 0.25) is 0 Å². The molecule has 3 aromatic rings. The fourth-order valence-corrected chi connectivity index (χ4v) is 3.35. The van der Waals surface area contributed by atoms with Gasteiger partial charge in [0, 0.05) is 4.47 Å². The molecule has 4 nitrogen and oxygen atoms in total. The van der Waals surface area contributed by atoms with E-state index in [2.05, 4.69) is 26.2 Å². The molecular formula is C16H13BrN2O2S. The van der Waals surface area contributed by atoms with Crippen LogP contribution >= 0.6 is 27.3 Å². The molecular weight excluding hydrogens is 364 g/mol. The van der Waals surface area contributed by atoms with Crippen LogP contribution < -0.4 is 10.1 Å². The summed E-state index contributed by atoms with van der Waals surface area (Å²) >= 11 is 4.88. The maximum Gasteiger partial charge on any atom is 0.229 e. The van der Waals surface area contributed by atoms with Crippen LogP contribution in [0, 0.1) is 0 Å². The first-order chi connectivity index (χ1) is 10.7. The van der Waals surface area contributed by atoms with Crippen molar-refractivity contribution in [3.05, 3.63) is 53.0 Å². The summed E-state index contributed by atoms with van der Waals surface area (Å²) in [5.41, 5.74) is 0.879. The van der Waals surface area contributed by atoms with E-state index in [0.717, 1.165) is 20.4 Å². The number of hydrogen-bond donors (Lipinski definition) is 1. The molecule has 2 aromatic carbocycles. The van der Waals surface area contributed by atoms with Crippen LogP contribution in [0.15, 0.2) is 53.0 Å². The molecule has 22 heavy (non-hydrogen) atoms. The van der Waals surface area contributed by atoms with Crippen LogP contribution in [0.4, 0.5) is 5.13 Å². The van der Waals surface area contributed by atoms with E-state index in [9.17, 15) is 4.79 Å². The Morgan fingerprint density at radius 3 is 2.86 bits per heavy atom. The van der Waals surface area contributed by atoms with Crippen LogP contribution in [0.3, 0.4) is 0 Å². The molecule has 112 valence electrons. The maximum atomic E-state index is 11.9. The highest BCUT2D eigenvalue weighted by atomic mass is 79.9. The Bertz CT molecular complexity index is 789. The lowest BCUT2D eigenvalue weighted by atomic mass is 10.3. The average Bonchev–Trinajstić information content (AvgIpc) is 2.89. The second-order valence-electron chi connectivity index (χ2n) is 4.59. The van der Waals surface area contributed by atoms with Gasteiger partial charge in [-0.1, -0.05) is 45.5 Å². The van der Waals surface area contributed by atoms with Gasteiger partial charge in [0.05, 0.1) is 23.2 Å².